The van der Waals surface area contributed by atoms with Crippen molar-refractivity contribution in [1.82, 2.24) is 4.90 Å². The second-order valence-electron chi connectivity index (χ2n) is 3.63. The minimum Gasteiger partial charge on any atom is -0.381 e. The lowest BCUT2D eigenvalue weighted by Gasteiger charge is -2.20. The zero-order valence-electron chi connectivity index (χ0n) is 7.84. The van der Waals surface area contributed by atoms with Crippen LogP contribution in [0.4, 0.5) is 0 Å². The molecule has 11 heavy (non-hydrogen) atoms. The summed E-state index contributed by atoms with van der Waals surface area (Å²) in [6.07, 6.45) is 0. The molecule has 0 aromatic carbocycles. The molecule has 1 aliphatic heterocycles. The van der Waals surface area contributed by atoms with E-state index in [0.717, 1.165) is 31.6 Å². The van der Waals surface area contributed by atoms with Crippen LogP contribution in [0.1, 0.15) is 13.8 Å². The number of hydrogen-bond donors (Lipinski definition) is 0. The molecule has 0 aromatic heterocycles. The van der Waals surface area contributed by atoms with E-state index in [2.05, 4.69) is 25.8 Å². The van der Waals surface area contributed by atoms with Gasteiger partial charge in [-0.3, -0.25) is 0 Å². The van der Waals surface area contributed by atoms with Crippen molar-refractivity contribution in [1.29, 1.82) is 0 Å². The molecule has 1 rings (SSSR count). The van der Waals surface area contributed by atoms with Crippen LogP contribution in [0.15, 0.2) is 0 Å². The summed E-state index contributed by atoms with van der Waals surface area (Å²) in [6.45, 7) is 8.73. The van der Waals surface area contributed by atoms with Crippen molar-refractivity contribution in [2.24, 2.45) is 11.8 Å². The van der Waals surface area contributed by atoms with Crippen molar-refractivity contribution in [3.8, 4) is 0 Å². The van der Waals surface area contributed by atoms with Crippen molar-refractivity contribution in [2.75, 3.05) is 33.4 Å². The Hall–Kier alpha value is -0.0800. The van der Waals surface area contributed by atoms with E-state index in [4.69, 9.17) is 4.74 Å². The average molecular weight is 157 g/mol. The molecule has 1 fully saturated rings. The molecule has 2 atom stereocenters. The molecule has 1 saturated heterocycles. The fourth-order valence-electron chi connectivity index (χ4n) is 1.47. The van der Waals surface area contributed by atoms with Gasteiger partial charge in [-0.05, 0) is 25.4 Å². The lowest BCUT2D eigenvalue weighted by molar-refractivity contribution is 0.174. The third-order valence-electron chi connectivity index (χ3n) is 2.60. The summed E-state index contributed by atoms with van der Waals surface area (Å²) in [4.78, 5) is 2.36. The fraction of sp³-hybridized carbons (Fsp3) is 1.00. The SMILES string of the molecule is CCN(C)C[C@@H]1COC[C@@H]1C. The maximum absolute atomic E-state index is 5.39. The standard InChI is InChI=1S/C9H19NO/c1-4-10(3)5-9-7-11-6-8(9)2/h8-9H,4-7H2,1-3H3/t8-,9+/m0/s1. The Bertz CT molecular complexity index is 116. The first-order chi connectivity index (χ1) is 5.24. The highest BCUT2D eigenvalue weighted by Gasteiger charge is 2.24. The lowest BCUT2D eigenvalue weighted by atomic mass is 9.98. The topological polar surface area (TPSA) is 12.5 Å². The molecular weight excluding hydrogens is 138 g/mol. The molecule has 66 valence electrons. The van der Waals surface area contributed by atoms with Gasteiger partial charge in [-0.2, -0.15) is 0 Å². The number of ether oxygens (including phenoxy) is 1. The molecule has 0 aromatic rings. The zero-order chi connectivity index (χ0) is 8.27. The normalized spacial score (nSPS) is 31.6. The highest BCUT2D eigenvalue weighted by atomic mass is 16.5. The van der Waals surface area contributed by atoms with Crippen LogP contribution in [-0.4, -0.2) is 38.3 Å². The van der Waals surface area contributed by atoms with Gasteiger partial charge in [0.2, 0.25) is 0 Å². The molecular formula is C9H19NO. The van der Waals surface area contributed by atoms with Crippen LogP contribution in [0.25, 0.3) is 0 Å². The smallest absolute Gasteiger partial charge is 0.0510 e. The predicted molar refractivity (Wildman–Crippen MR) is 46.6 cm³/mol. The first-order valence-electron chi connectivity index (χ1n) is 4.50. The van der Waals surface area contributed by atoms with Crippen LogP contribution in [0.3, 0.4) is 0 Å². The van der Waals surface area contributed by atoms with Crippen LogP contribution >= 0.6 is 0 Å². The van der Waals surface area contributed by atoms with Crippen molar-refractivity contribution in [2.45, 2.75) is 13.8 Å². The quantitative estimate of drug-likeness (QED) is 0.611. The summed E-state index contributed by atoms with van der Waals surface area (Å²) < 4.78 is 5.39. The van der Waals surface area contributed by atoms with E-state index in [1.54, 1.807) is 0 Å². The summed E-state index contributed by atoms with van der Waals surface area (Å²) in [5.41, 5.74) is 0. The van der Waals surface area contributed by atoms with E-state index in [0.29, 0.717) is 0 Å². The molecule has 2 heteroatoms. The Morgan fingerprint density at radius 2 is 2.18 bits per heavy atom. The molecule has 2 nitrogen and oxygen atoms in total. The van der Waals surface area contributed by atoms with Crippen LogP contribution < -0.4 is 0 Å². The molecule has 0 bridgehead atoms. The minimum absolute atomic E-state index is 0.754. The molecule has 0 radical (unpaired) electrons. The van der Waals surface area contributed by atoms with Gasteiger partial charge in [0, 0.05) is 13.2 Å². The molecule has 0 unspecified atom stereocenters. The second-order valence-corrected chi connectivity index (χ2v) is 3.63. The lowest BCUT2D eigenvalue weighted by Crippen LogP contribution is -2.28. The Balaban J connectivity index is 2.24. The highest BCUT2D eigenvalue weighted by Crippen LogP contribution is 2.20. The van der Waals surface area contributed by atoms with E-state index in [9.17, 15) is 0 Å². The first-order valence-corrected chi connectivity index (χ1v) is 4.50. The molecule has 0 aliphatic carbocycles. The third kappa shape index (κ3) is 2.46. The van der Waals surface area contributed by atoms with Crippen LogP contribution in [0.2, 0.25) is 0 Å². The third-order valence-corrected chi connectivity index (χ3v) is 2.60. The molecule has 0 N–H and O–H groups in total. The van der Waals surface area contributed by atoms with Gasteiger partial charge in [0.25, 0.3) is 0 Å². The summed E-state index contributed by atoms with van der Waals surface area (Å²) in [7, 11) is 2.17. The van der Waals surface area contributed by atoms with Gasteiger partial charge in [-0.15, -0.1) is 0 Å². The maximum atomic E-state index is 5.39. The van der Waals surface area contributed by atoms with E-state index >= 15 is 0 Å². The van der Waals surface area contributed by atoms with Crippen molar-refractivity contribution in [3.05, 3.63) is 0 Å². The number of nitrogens with zero attached hydrogens (tertiary/aromatic N) is 1. The Labute approximate surface area is 69.5 Å². The van der Waals surface area contributed by atoms with Gasteiger partial charge in [0.15, 0.2) is 0 Å². The molecule has 0 amide bonds. The average Bonchev–Trinajstić information content (AvgIpc) is 2.37. The molecule has 0 spiro atoms. The van der Waals surface area contributed by atoms with E-state index in [-0.39, 0.29) is 0 Å². The van der Waals surface area contributed by atoms with Gasteiger partial charge in [-0.1, -0.05) is 13.8 Å². The molecule has 1 heterocycles. The summed E-state index contributed by atoms with van der Waals surface area (Å²) in [6, 6.07) is 0. The Morgan fingerprint density at radius 3 is 2.64 bits per heavy atom. The van der Waals surface area contributed by atoms with Crippen LogP contribution in [0, 0.1) is 11.8 Å². The highest BCUT2D eigenvalue weighted by molar-refractivity contribution is 4.73. The summed E-state index contributed by atoms with van der Waals surface area (Å²) >= 11 is 0. The van der Waals surface area contributed by atoms with E-state index < -0.39 is 0 Å². The van der Waals surface area contributed by atoms with Crippen molar-refractivity contribution >= 4 is 0 Å². The van der Waals surface area contributed by atoms with Gasteiger partial charge in [-0.25, -0.2) is 0 Å². The second kappa shape index (κ2) is 4.07. The van der Waals surface area contributed by atoms with Gasteiger partial charge in [0.05, 0.1) is 6.61 Å². The largest absolute Gasteiger partial charge is 0.381 e. The fourth-order valence-corrected chi connectivity index (χ4v) is 1.47. The van der Waals surface area contributed by atoms with E-state index in [1.807, 2.05) is 0 Å². The summed E-state index contributed by atoms with van der Waals surface area (Å²) in [5, 5.41) is 0. The first kappa shape index (κ1) is 9.01. The number of rotatable bonds is 3. The zero-order valence-corrected chi connectivity index (χ0v) is 7.84. The number of hydrogen-bond acceptors (Lipinski definition) is 2. The van der Waals surface area contributed by atoms with Crippen molar-refractivity contribution in [3.63, 3.8) is 0 Å². The molecule has 0 saturated carbocycles. The van der Waals surface area contributed by atoms with E-state index in [1.165, 1.54) is 6.54 Å². The monoisotopic (exact) mass is 157 g/mol. The predicted octanol–water partition coefficient (Wildman–Crippen LogP) is 1.22. The van der Waals surface area contributed by atoms with Gasteiger partial charge < -0.3 is 9.64 Å². The van der Waals surface area contributed by atoms with Crippen LogP contribution in [0.5, 0.6) is 0 Å². The van der Waals surface area contributed by atoms with Crippen molar-refractivity contribution < 1.29 is 4.74 Å². The molecule has 1 aliphatic rings. The van der Waals surface area contributed by atoms with Gasteiger partial charge in [0.1, 0.15) is 0 Å². The Morgan fingerprint density at radius 1 is 1.45 bits per heavy atom. The minimum atomic E-state index is 0.754. The van der Waals surface area contributed by atoms with Crippen LogP contribution in [-0.2, 0) is 4.74 Å². The maximum Gasteiger partial charge on any atom is 0.0510 e. The summed E-state index contributed by atoms with van der Waals surface area (Å²) in [5.74, 6) is 1.52. The van der Waals surface area contributed by atoms with Gasteiger partial charge >= 0.3 is 0 Å². The Kier molecular flexibility index (Phi) is 3.34.